The first kappa shape index (κ1) is 16.8. The van der Waals surface area contributed by atoms with E-state index in [0.29, 0.717) is 12.0 Å². The third-order valence-corrected chi connectivity index (χ3v) is 4.08. The molecule has 2 rings (SSSR count). The van der Waals surface area contributed by atoms with E-state index in [-0.39, 0.29) is 17.8 Å². The molecule has 122 valence electrons. The highest BCUT2D eigenvalue weighted by Crippen LogP contribution is 2.38. The maximum atomic E-state index is 14.0. The number of amides is 1. The van der Waals surface area contributed by atoms with Crippen molar-refractivity contribution < 1.29 is 14.3 Å². The van der Waals surface area contributed by atoms with Crippen LogP contribution in [-0.2, 0) is 4.79 Å². The molecule has 1 saturated carbocycles. The number of aromatic nitrogens is 1. The monoisotopic (exact) mass is 309 g/mol. The maximum Gasteiger partial charge on any atom is 0.247 e. The maximum absolute atomic E-state index is 14.0. The molecule has 3 N–H and O–H groups in total. The van der Waals surface area contributed by atoms with Crippen LogP contribution in [0.4, 0.5) is 4.39 Å². The van der Waals surface area contributed by atoms with Gasteiger partial charge in [-0.15, -0.1) is 0 Å². The third kappa shape index (κ3) is 4.01. The Morgan fingerprint density at radius 2 is 2.36 bits per heavy atom. The van der Waals surface area contributed by atoms with Crippen molar-refractivity contribution in [2.45, 2.75) is 57.2 Å². The fourth-order valence-corrected chi connectivity index (χ4v) is 3.40. The molecule has 1 fully saturated rings. The van der Waals surface area contributed by atoms with E-state index in [0.717, 1.165) is 19.3 Å². The molecule has 0 bridgehead atoms. The van der Waals surface area contributed by atoms with Crippen LogP contribution in [0.5, 0.6) is 0 Å². The summed E-state index contributed by atoms with van der Waals surface area (Å²) in [6, 6.07) is 1.87. The molecule has 1 aliphatic carbocycles. The zero-order valence-electron chi connectivity index (χ0n) is 13.1. The largest absolute Gasteiger partial charge is 0.387 e. The van der Waals surface area contributed by atoms with Crippen molar-refractivity contribution >= 4 is 5.91 Å². The molecule has 1 aromatic rings. The topological polar surface area (TPSA) is 74.2 Å². The van der Waals surface area contributed by atoms with Crippen molar-refractivity contribution in [3.05, 3.63) is 29.8 Å². The van der Waals surface area contributed by atoms with Gasteiger partial charge in [-0.05, 0) is 57.1 Å². The van der Waals surface area contributed by atoms with E-state index in [4.69, 9.17) is 5.11 Å². The molecule has 0 aliphatic heterocycles. The lowest BCUT2D eigenvalue weighted by atomic mass is 9.77. The number of hydrogen-bond donors (Lipinski definition) is 3. The number of rotatable bonds is 5. The minimum atomic E-state index is -0.605. The van der Waals surface area contributed by atoms with Crippen LogP contribution in [0, 0.1) is 5.82 Å². The molecule has 0 aromatic carbocycles. The van der Waals surface area contributed by atoms with Gasteiger partial charge in [0.15, 0.2) is 0 Å². The molecule has 1 heterocycles. The first-order chi connectivity index (χ1) is 10.5. The standard InChI is InChI=1S/C16H24FN3O2/c1-11(2)19-16(20-15(22)10-21)6-3-4-12(8-16)13-5-7-18-9-14(13)17/h5,7,9,11-12,19,21H,3-4,6,8,10H2,1-2H3,(H,20,22)/t12?,16-/m1/s1. The zero-order valence-corrected chi connectivity index (χ0v) is 13.1. The lowest BCUT2D eigenvalue weighted by molar-refractivity contribution is -0.127. The van der Waals surface area contributed by atoms with Crippen LogP contribution >= 0.6 is 0 Å². The Labute approximate surface area is 130 Å². The number of halogens is 1. The van der Waals surface area contributed by atoms with Crippen molar-refractivity contribution in [1.29, 1.82) is 0 Å². The molecule has 0 spiro atoms. The van der Waals surface area contributed by atoms with Crippen LogP contribution in [0.25, 0.3) is 0 Å². The predicted octanol–water partition coefficient (Wildman–Crippen LogP) is 1.68. The molecule has 5 nitrogen and oxygen atoms in total. The van der Waals surface area contributed by atoms with E-state index < -0.39 is 18.2 Å². The second-order valence-corrected chi connectivity index (χ2v) is 6.28. The Morgan fingerprint density at radius 1 is 1.59 bits per heavy atom. The number of carbonyl (C=O) groups excluding carboxylic acids is 1. The van der Waals surface area contributed by atoms with Crippen molar-refractivity contribution in [3.8, 4) is 0 Å². The average Bonchev–Trinajstić information content (AvgIpc) is 2.46. The van der Waals surface area contributed by atoms with Gasteiger partial charge in [-0.1, -0.05) is 0 Å². The van der Waals surface area contributed by atoms with Crippen molar-refractivity contribution in [1.82, 2.24) is 15.6 Å². The minimum absolute atomic E-state index is 0.0157. The van der Waals surface area contributed by atoms with Crippen molar-refractivity contribution in [2.24, 2.45) is 0 Å². The molecule has 0 radical (unpaired) electrons. The fraction of sp³-hybridized carbons (Fsp3) is 0.625. The van der Waals surface area contributed by atoms with Crippen LogP contribution < -0.4 is 10.6 Å². The summed E-state index contributed by atoms with van der Waals surface area (Å²) in [7, 11) is 0. The predicted molar refractivity (Wildman–Crippen MR) is 81.6 cm³/mol. The highest BCUT2D eigenvalue weighted by molar-refractivity contribution is 5.77. The summed E-state index contributed by atoms with van der Waals surface area (Å²) >= 11 is 0. The SMILES string of the molecule is CC(C)N[C@@]1(NC(=O)CO)CCCC(c2ccncc2F)C1. The van der Waals surface area contributed by atoms with Gasteiger partial charge in [0.2, 0.25) is 5.91 Å². The number of aliphatic hydroxyl groups excluding tert-OH is 1. The van der Waals surface area contributed by atoms with E-state index in [9.17, 15) is 9.18 Å². The number of pyridine rings is 1. The highest BCUT2D eigenvalue weighted by Gasteiger charge is 2.38. The van der Waals surface area contributed by atoms with Gasteiger partial charge in [0.1, 0.15) is 12.4 Å². The van der Waals surface area contributed by atoms with Crippen molar-refractivity contribution in [2.75, 3.05) is 6.61 Å². The second-order valence-electron chi connectivity index (χ2n) is 6.28. The van der Waals surface area contributed by atoms with Crippen molar-refractivity contribution in [3.63, 3.8) is 0 Å². The van der Waals surface area contributed by atoms with Gasteiger partial charge in [0.05, 0.1) is 11.9 Å². The first-order valence-electron chi connectivity index (χ1n) is 7.75. The second kappa shape index (κ2) is 7.15. The minimum Gasteiger partial charge on any atom is -0.387 e. The van der Waals surface area contributed by atoms with E-state index in [1.165, 1.54) is 6.20 Å². The summed E-state index contributed by atoms with van der Waals surface area (Å²) in [4.78, 5) is 15.5. The zero-order chi connectivity index (χ0) is 16.2. The molecule has 1 aromatic heterocycles. The molecular formula is C16H24FN3O2. The lowest BCUT2D eigenvalue weighted by Crippen LogP contribution is -2.63. The summed E-state index contributed by atoms with van der Waals surface area (Å²) in [5.41, 5.74) is 0.0370. The summed E-state index contributed by atoms with van der Waals surface area (Å²) in [5, 5.41) is 15.3. The average molecular weight is 309 g/mol. The van der Waals surface area contributed by atoms with Gasteiger partial charge >= 0.3 is 0 Å². The Kier molecular flexibility index (Phi) is 5.47. The van der Waals surface area contributed by atoms with Gasteiger partial charge in [0, 0.05) is 12.2 Å². The Bertz CT molecular complexity index is 524. The number of hydrogen-bond acceptors (Lipinski definition) is 4. The summed E-state index contributed by atoms with van der Waals surface area (Å²) in [5.74, 6) is -0.702. The molecule has 2 atom stereocenters. The summed E-state index contributed by atoms with van der Waals surface area (Å²) in [6.07, 6.45) is 5.93. The van der Waals surface area contributed by atoms with Crippen LogP contribution in [0.1, 0.15) is 51.0 Å². The van der Waals surface area contributed by atoms with E-state index in [2.05, 4.69) is 15.6 Å². The van der Waals surface area contributed by atoms with Crippen LogP contribution in [0.3, 0.4) is 0 Å². The van der Waals surface area contributed by atoms with Gasteiger partial charge in [-0.25, -0.2) is 4.39 Å². The molecule has 1 aliphatic rings. The van der Waals surface area contributed by atoms with Crippen LogP contribution in [-0.4, -0.2) is 34.3 Å². The Morgan fingerprint density at radius 3 is 3.00 bits per heavy atom. The quantitative estimate of drug-likeness (QED) is 0.724. The molecular weight excluding hydrogens is 285 g/mol. The number of nitrogens with one attached hydrogen (secondary N) is 2. The van der Waals surface area contributed by atoms with E-state index >= 15 is 0 Å². The molecule has 1 unspecified atom stereocenters. The normalized spacial score (nSPS) is 25.2. The van der Waals surface area contributed by atoms with Gasteiger partial charge in [-0.2, -0.15) is 0 Å². The van der Waals surface area contributed by atoms with E-state index in [1.807, 2.05) is 13.8 Å². The summed E-state index contributed by atoms with van der Waals surface area (Å²) in [6.45, 7) is 3.46. The molecule has 6 heteroatoms. The van der Waals surface area contributed by atoms with Gasteiger partial charge in [0.25, 0.3) is 0 Å². The Hall–Kier alpha value is -1.53. The Balaban J connectivity index is 2.23. The third-order valence-electron chi connectivity index (χ3n) is 4.08. The van der Waals surface area contributed by atoms with Gasteiger partial charge < -0.3 is 10.4 Å². The highest BCUT2D eigenvalue weighted by atomic mass is 19.1. The molecule has 22 heavy (non-hydrogen) atoms. The first-order valence-corrected chi connectivity index (χ1v) is 7.75. The fourth-order valence-electron chi connectivity index (χ4n) is 3.40. The molecule has 0 saturated heterocycles. The summed E-state index contributed by atoms with van der Waals surface area (Å²) < 4.78 is 14.0. The number of aliphatic hydroxyl groups is 1. The van der Waals surface area contributed by atoms with Gasteiger partial charge in [-0.3, -0.25) is 15.1 Å². The lowest BCUT2D eigenvalue weighted by Gasteiger charge is -2.43. The van der Waals surface area contributed by atoms with Crippen LogP contribution in [0.15, 0.2) is 18.5 Å². The number of nitrogens with zero attached hydrogens (tertiary/aromatic N) is 1. The smallest absolute Gasteiger partial charge is 0.247 e. The van der Waals surface area contributed by atoms with Crippen LogP contribution in [0.2, 0.25) is 0 Å². The van der Waals surface area contributed by atoms with E-state index in [1.54, 1.807) is 12.3 Å². The molecule has 1 amide bonds. The number of carbonyl (C=O) groups is 1.